The van der Waals surface area contributed by atoms with Gasteiger partial charge in [-0.2, -0.15) is 0 Å². The Kier molecular flexibility index (Phi) is 4.55. The molecule has 1 aromatic carbocycles. The van der Waals surface area contributed by atoms with E-state index in [0.29, 0.717) is 18.2 Å². The second-order valence-corrected chi connectivity index (χ2v) is 4.95. The van der Waals surface area contributed by atoms with Crippen LogP contribution in [0.5, 0.6) is 0 Å². The lowest BCUT2D eigenvalue weighted by Gasteiger charge is -2.28. The highest BCUT2D eigenvalue weighted by Gasteiger charge is 2.17. The van der Waals surface area contributed by atoms with Gasteiger partial charge >= 0.3 is 0 Å². The van der Waals surface area contributed by atoms with Crippen molar-refractivity contribution in [1.82, 2.24) is 0 Å². The molecule has 1 unspecified atom stereocenters. The normalized spacial score (nSPS) is 19.8. The average molecular weight is 252 g/mol. The van der Waals surface area contributed by atoms with Gasteiger partial charge in [0.05, 0.1) is 12.3 Å². The van der Waals surface area contributed by atoms with Crippen molar-refractivity contribution in [3.8, 4) is 0 Å². The topological polar surface area (TPSA) is 38.5 Å². The lowest BCUT2D eigenvalue weighted by Crippen LogP contribution is -2.31. The van der Waals surface area contributed by atoms with Crippen LogP contribution >= 0.6 is 0 Å². The molecule has 0 amide bonds. The Hall–Kier alpha value is -1.13. The molecular weight excluding hydrogens is 231 g/mol. The molecule has 0 aromatic heterocycles. The van der Waals surface area contributed by atoms with E-state index in [4.69, 9.17) is 10.5 Å². The van der Waals surface area contributed by atoms with E-state index < -0.39 is 0 Å². The largest absolute Gasteiger partial charge is 0.381 e. The van der Waals surface area contributed by atoms with E-state index in [9.17, 15) is 4.39 Å². The highest BCUT2D eigenvalue weighted by Crippen LogP contribution is 2.22. The smallest absolute Gasteiger partial charge is 0.146 e. The van der Waals surface area contributed by atoms with Crippen LogP contribution in [0, 0.1) is 11.7 Å². The summed E-state index contributed by atoms with van der Waals surface area (Å²) in [6.07, 6.45) is 2.26. The third kappa shape index (κ3) is 3.21. The van der Waals surface area contributed by atoms with Crippen molar-refractivity contribution in [2.75, 3.05) is 31.7 Å². The zero-order chi connectivity index (χ0) is 13.0. The molecule has 1 aliphatic rings. The van der Waals surface area contributed by atoms with Gasteiger partial charge in [-0.25, -0.2) is 4.39 Å². The minimum atomic E-state index is -0.197. The van der Waals surface area contributed by atoms with Crippen molar-refractivity contribution < 1.29 is 9.13 Å². The van der Waals surface area contributed by atoms with E-state index in [-0.39, 0.29) is 5.82 Å². The Morgan fingerprint density at radius 1 is 1.50 bits per heavy atom. The van der Waals surface area contributed by atoms with Crippen LogP contribution in [0.3, 0.4) is 0 Å². The number of nitrogens with two attached hydrogens (primary N) is 1. The predicted octanol–water partition coefficient (Wildman–Crippen LogP) is 2.15. The molecule has 0 aliphatic carbocycles. The molecular formula is C14H21FN2O. The Morgan fingerprint density at radius 3 is 2.94 bits per heavy atom. The molecule has 100 valence electrons. The van der Waals surface area contributed by atoms with Crippen molar-refractivity contribution in [1.29, 1.82) is 0 Å². The monoisotopic (exact) mass is 252 g/mol. The third-order valence-electron chi connectivity index (χ3n) is 3.45. The van der Waals surface area contributed by atoms with Crippen LogP contribution in [-0.2, 0) is 11.3 Å². The maximum atomic E-state index is 13.9. The molecule has 1 heterocycles. The number of benzene rings is 1. The van der Waals surface area contributed by atoms with Gasteiger partial charge in [-0.15, -0.1) is 0 Å². The molecule has 1 atom stereocenters. The molecule has 4 heteroatoms. The van der Waals surface area contributed by atoms with Gasteiger partial charge in [-0.1, -0.05) is 6.07 Å². The Morgan fingerprint density at radius 2 is 2.33 bits per heavy atom. The average Bonchev–Trinajstić information content (AvgIpc) is 2.39. The summed E-state index contributed by atoms with van der Waals surface area (Å²) in [6, 6.07) is 5.21. The second kappa shape index (κ2) is 6.16. The lowest BCUT2D eigenvalue weighted by molar-refractivity contribution is 0.0576. The number of ether oxygens (including phenoxy) is 1. The van der Waals surface area contributed by atoms with Crippen LogP contribution in [0.1, 0.15) is 18.4 Å². The van der Waals surface area contributed by atoms with Gasteiger partial charge in [-0.3, -0.25) is 0 Å². The van der Waals surface area contributed by atoms with E-state index in [1.54, 1.807) is 6.07 Å². The molecule has 1 aromatic rings. The summed E-state index contributed by atoms with van der Waals surface area (Å²) >= 11 is 0. The zero-order valence-corrected chi connectivity index (χ0v) is 10.9. The van der Waals surface area contributed by atoms with E-state index in [0.717, 1.165) is 38.2 Å². The fourth-order valence-electron chi connectivity index (χ4n) is 2.42. The summed E-state index contributed by atoms with van der Waals surface area (Å²) in [5.41, 5.74) is 6.96. The van der Waals surface area contributed by atoms with Crippen LogP contribution < -0.4 is 10.6 Å². The third-order valence-corrected chi connectivity index (χ3v) is 3.45. The number of halogens is 1. The quantitative estimate of drug-likeness (QED) is 0.892. The SMILES string of the molecule is CN(CC1CCCOC1)c1ccc(CN)cc1F. The van der Waals surface area contributed by atoms with Crippen molar-refractivity contribution >= 4 is 5.69 Å². The Labute approximate surface area is 108 Å². The summed E-state index contributed by atoms with van der Waals surface area (Å²) in [5, 5.41) is 0. The van der Waals surface area contributed by atoms with Gasteiger partial charge in [0.25, 0.3) is 0 Å². The number of hydrogen-bond acceptors (Lipinski definition) is 3. The van der Waals surface area contributed by atoms with E-state index in [2.05, 4.69) is 0 Å². The fraction of sp³-hybridized carbons (Fsp3) is 0.571. The fourth-order valence-corrected chi connectivity index (χ4v) is 2.42. The maximum absolute atomic E-state index is 13.9. The molecule has 18 heavy (non-hydrogen) atoms. The van der Waals surface area contributed by atoms with E-state index in [1.165, 1.54) is 6.07 Å². The van der Waals surface area contributed by atoms with Gasteiger partial charge in [0.1, 0.15) is 5.82 Å². The summed E-state index contributed by atoms with van der Waals surface area (Å²) in [4.78, 5) is 1.97. The van der Waals surface area contributed by atoms with Crippen molar-refractivity contribution in [3.63, 3.8) is 0 Å². The number of rotatable bonds is 4. The minimum Gasteiger partial charge on any atom is -0.381 e. The molecule has 2 rings (SSSR count). The first-order valence-electron chi connectivity index (χ1n) is 6.48. The molecule has 1 aliphatic heterocycles. The van der Waals surface area contributed by atoms with E-state index in [1.807, 2.05) is 18.0 Å². The van der Waals surface area contributed by atoms with Gasteiger partial charge in [0, 0.05) is 26.7 Å². The van der Waals surface area contributed by atoms with E-state index >= 15 is 0 Å². The van der Waals surface area contributed by atoms with Crippen LogP contribution in [0.25, 0.3) is 0 Å². The van der Waals surface area contributed by atoms with Crippen LogP contribution in [0.4, 0.5) is 10.1 Å². The molecule has 1 saturated heterocycles. The summed E-state index contributed by atoms with van der Waals surface area (Å²) in [7, 11) is 1.93. The van der Waals surface area contributed by atoms with Gasteiger partial charge < -0.3 is 15.4 Å². The summed E-state index contributed by atoms with van der Waals surface area (Å²) in [5.74, 6) is 0.300. The van der Waals surface area contributed by atoms with Crippen LogP contribution in [0.15, 0.2) is 18.2 Å². The molecule has 1 fully saturated rings. The Balaban J connectivity index is 2.01. The highest BCUT2D eigenvalue weighted by molar-refractivity contribution is 5.48. The number of nitrogens with zero attached hydrogens (tertiary/aromatic N) is 1. The number of hydrogen-bond donors (Lipinski definition) is 1. The molecule has 0 saturated carbocycles. The first-order chi connectivity index (χ1) is 8.70. The first-order valence-corrected chi connectivity index (χ1v) is 6.48. The van der Waals surface area contributed by atoms with Crippen LogP contribution in [0.2, 0.25) is 0 Å². The van der Waals surface area contributed by atoms with Gasteiger partial charge in [0.2, 0.25) is 0 Å². The zero-order valence-electron chi connectivity index (χ0n) is 10.9. The molecule has 0 bridgehead atoms. The lowest BCUT2D eigenvalue weighted by atomic mass is 10.0. The molecule has 3 nitrogen and oxygen atoms in total. The second-order valence-electron chi connectivity index (χ2n) is 4.95. The van der Waals surface area contributed by atoms with Gasteiger partial charge in [-0.05, 0) is 36.5 Å². The predicted molar refractivity (Wildman–Crippen MR) is 71.1 cm³/mol. The van der Waals surface area contributed by atoms with Gasteiger partial charge in [0.15, 0.2) is 0 Å². The molecule has 0 radical (unpaired) electrons. The summed E-state index contributed by atoms with van der Waals surface area (Å²) in [6.45, 7) is 2.85. The van der Waals surface area contributed by atoms with Crippen molar-refractivity contribution in [3.05, 3.63) is 29.6 Å². The highest BCUT2D eigenvalue weighted by atomic mass is 19.1. The van der Waals surface area contributed by atoms with Crippen molar-refractivity contribution in [2.45, 2.75) is 19.4 Å². The minimum absolute atomic E-state index is 0.197. The summed E-state index contributed by atoms with van der Waals surface area (Å²) < 4.78 is 19.4. The Bertz CT molecular complexity index is 391. The first kappa shape index (κ1) is 13.3. The number of anilines is 1. The maximum Gasteiger partial charge on any atom is 0.146 e. The van der Waals surface area contributed by atoms with Crippen LogP contribution in [-0.4, -0.2) is 26.8 Å². The van der Waals surface area contributed by atoms with Crippen molar-refractivity contribution in [2.24, 2.45) is 11.7 Å². The molecule has 2 N–H and O–H groups in total. The molecule has 0 spiro atoms. The standard InChI is InChI=1S/C14H21FN2O/c1-17(9-12-3-2-6-18-10-12)14-5-4-11(8-16)7-13(14)15/h4-5,7,12H,2-3,6,8-10,16H2,1H3.